The second-order valence-electron chi connectivity index (χ2n) is 34.0. The lowest BCUT2D eigenvalue weighted by Crippen LogP contribution is -2.65. The summed E-state index contributed by atoms with van der Waals surface area (Å²) in [5.41, 5.74) is -1.61. The number of hydrogen-bond acceptors (Lipinski definition) is 14. The molecule has 4 saturated carbocycles. The van der Waals surface area contributed by atoms with Crippen LogP contribution in [0, 0.1) is 41.4 Å². The number of amides is 12. The molecular formula is C79H129ClF3N13O13. The predicted octanol–water partition coefficient (Wildman–Crippen LogP) is 6.48. The van der Waals surface area contributed by atoms with E-state index in [-0.39, 0.29) is 88.5 Å². The SMILES string of the molecule is CC[C@H](C)[C@@H]1NC(=O)[C@H](CC(C)C)N(C)C(=O)C[C@@H](C(=O)N2CCCCC2)N(C)C(=O)[C@H](C2CCCCC2)N(C)C(=O)C2(CCCC2)NC(=O)[C@@H]2C[C@H](OCC3CCCNC3)CN2C(=O)[C@H](CCC2CCC(C(F)(F)F)C(Cl)C2)NC(=O)CN(C)C(=O)[C@H](CC2CCCCC2)N(C)C(=O)CN(C)C(=O)CN(C)C1=O. The maximum Gasteiger partial charge on any atom is 0.393 e. The third-order valence-electron chi connectivity index (χ3n) is 25.4. The van der Waals surface area contributed by atoms with Gasteiger partial charge in [0.05, 0.1) is 44.7 Å². The molecule has 4 saturated heterocycles. The van der Waals surface area contributed by atoms with Gasteiger partial charge in [-0.2, -0.15) is 13.2 Å². The zero-order valence-corrected chi connectivity index (χ0v) is 67.7. The summed E-state index contributed by atoms with van der Waals surface area (Å²) in [6.45, 7) is 8.18. The molecule has 0 radical (unpaired) electrons. The highest BCUT2D eigenvalue weighted by Gasteiger charge is 2.53. The highest BCUT2D eigenvalue weighted by molar-refractivity contribution is 6.21. The second-order valence-corrected chi connectivity index (χ2v) is 34.5. The summed E-state index contributed by atoms with van der Waals surface area (Å²) in [5.74, 6) is -10.7. The minimum atomic E-state index is -4.53. The van der Waals surface area contributed by atoms with E-state index in [1.165, 1.54) is 71.7 Å². The number of rotatable bonds is 14. The first-order chi connectivity index (χ1) is 51.6. The number of piperidine rings is 2. The van der Waals surface area contributed by atoms with E-state index >= 15 is 33.6 Å². The molecule has 109 heavy (non-hydrogen) atoms. The molecule has 0 aromatic heterocycles. The van der Waals surface area contributed by atoms with Gasteiger partial charge in [-0.3, -0.25) is 57.5 Å². The Morgan fingerprint density at radius 1 is 0.606 bits per heavy atom. The summed E-state index contributed by atoms with van der Waals surface area (Å²) in [6.07, 6.45) is 8.05. The molecule has 8 aliphatic rings. The van der Waals surface area contributed by atoms with Gasteiger partial charge in [0, 0.05) is 87.3 Å². The van der Waals surface area contributed by atoms with Crippen LogP contribution in [-0.4, -0.2) is 289 Å². The molecule has 616 valence electrons. The van der Waals surface area contributed by atoms with E-state index in [0.717, 1.165) is 87.0 Å². The third kappa shape index (κ3) is 23.2. The lowest BCUT2D eigenvalue weighted by atomic mass is 9.78. The molecule has 0 aromatic rings. The van der Waals surface area contributed by atoms with Crippen LogP contribution in [0.5, 0.6) is 0 Å². The van der Waals surface area contributed by atoms with Crippen molar-refractivity contribution in [3.05, 3.63) is 0 Å². The number of nitrogens with one attached hydrogen (secondary N) is 4. The van der Waals surface area contributed by atoms with Crippen LogP contribution in [0.3, 0.4) is 0 Å². The van der Waals surface area contributed by atoms with Crippen molar-refractivity contribution in [3.8, 4) is 0 Å². The van der Waals surface area contributed by atoms with Crippen LogP contribution in [-0.2, 0) is 62.3 Å². The molecule has 26 nitrogen and oxygen atoms in total. The zero-order valence-electron chi connectivity index (χ0n) is 67.0. The molecule has 4 heterocycles. The largest absolute Gasteiger partial charge is 0.393 e. The van der Waals surface area contributed by atoms with Gasteiger partial charge >= 0.3 is 6.18 Å². The number of alkyl halides is 4. The Labute approximate surface area is 649 Å². The van der Waals surface area contributed by atoms with Crippen LogP contribution in [0.25, 0.3) is 0 Å². The Morgan fingerprint density at radius 3 is 1.83 bits per heavy atom. The van der Waals surface area contributed by atoms with Crippen LogP contribution in [0.15, 0.2) is 0 Å². The van der Waals surface area contributed by atoms with Crippen molar-refractivity contribution in [2.75, 3.05) is 108 Å². The van der Waals surface area contributed by atoms with Gasteiger partial charge in [-0.1, -0.05) is 98.3 Å². The Hall–Kier alpha value is -6.36. The molecule has 4 unspecified atom stereocenters. The number of ether oxygens (including phenoxy) is 1. The van der Waals surface area contributed by atoms with E-state index in [9.17, 15) is 37.1 Å². The van der Waals surface area contributed by atoms with E-state index < -0.39 is 186 Å². The normalized spacial score (nSPS) is 30.8. The minimum absolute atomic E-state index is 0.0173. The van der Waals surface area contributed by atoms with Crippen molar-refractivity contribution in [2.24, 2.45) is 41.4 Å². The van der Waals surface area contributed by atoms with Crippen LogP contribution in [0.1, 0.15) is 214 Å². The average molecular weight is 1560 g/mol. The van der Waals surface area contributed by atoms with Gasteiger partial charge < -0.3 is 70.1 Å². The highest BCUT2D eigenvalue weighted by Crippen LogP contribution is 2.44. The first-order valence-corrected chi connectivity index (χ1v) is 41.4. The highest BCUT2D eigenvalue weighted by atomic mass is 35.5. The molecule has 0 bridgehead atoms. The molecule has 4 aliphatic heterocycles. The van der Waals surface area contributed by atoms with Crippen molar-refractivity contribution in [3.63, 3.8) is 0 Å². The lowest BCUT2D eigenvalue weighted by molar-refractivity contribution is -0.182. The van der Waals surface area contributed by atoms with Crippen molar-refractivity contribution in [1.82, 2.24) is 65.4 Å². The molecule has 1 spiro atoms. The van der Waals surface area contributed by atoms with E-state index in [2.05, 4.69) is 21.3 Å². The Kier molecular flexibility index (Phi) is 32.7. The molecule has 30 heteroatoms. The van der Waals surface area contributed by atoms with Gasteiger partial charge in [-0.15, -0.1) is 11.6 Å². The Morgan fingerprint density at radius 2 is 1.22 bits per heavy atom. The van der Waals surface area contributed by atoms with Crippen LogP contribution < -0.4 is 21.3 Å². The van der Waals surface area contributed by atoms with Crippen LogP contribution in [0.4, 0.5) is 13.2 Å². The number of likely N-dealkylation sites (N-methyl/N-ethyl adjacent to an activating group) is 7. The molecule has 4 N–H and O–H groups in total. The molecule has 8 fully saturated rings. The molecule has 4 aliphatic carbocycles. The minimum Gasteiger partial charge on any atom is -0.376 e. The van der Waals surface area contributed by atoms with Gasteiger partial charge in [-0.05, 0) is 145 Å². The molecule has 8 rings (SSSR count). The summed E-state index contributed by atoms with van der Waals surface area (Å²) in [7, 11) is 10.1. The van der Waals surface area contributed by atoms with Crippen LogP contribution in [0.2, 0.25) is 0 Å². The standard InChI is InChI=1S/C79H129ClF3N13O13/c1-12-51(4)68-75(106)90(7)47-66(99)88(5)48-67(100)92(9)62(41-52-25-16-13-17-26-52)73(104)89(6)46-64(97)85-59(33-31-53-30-32-57(58(80)40-53)79(81,82)83)72(103)96-45-56(109-49-54-27-24-36-84-44-54)42-61(96)71(102)87-78(34-20-21-35-78)77(108)94(11)69(55-28-18-14-19-29-55)76(107)93(10)63(74(105)95-37-22-15-23-38-95)43-65(98)91(8)60(39-50(2)3)70(101)86-68/h50-63,68-69,84H,12-49H2,1-11H3,(H,85,97)(H,86,101)(H,87,102)/t51-,53?,54?,56-,57?,58?,59-,60-,61-,62-,63-,68-,69-/m0/s1. The van der Waals surface area contributed by atoms with Crippen molar-refractivity contribution < 1.29 is 75.4 Å². The van der Waals surface area contributed by atoms with Gasteiger partial charge in [0.15, 0.2) is 0 Å². The zero-order chi connectivity index (χ0) is 79.8. The topological polar surface area (TPSA) is 291 Å². The third-order valence-corrected chi connectivity index (χ3v) is 25.9. The summed E-state index contributed by atoms with van der Waals surface area (Å²) >= 11 is 6.50. The van der Waals surface area contributed by atoms with Crippen molar-refractivity contribution in [2.45, 2.75) is 279 Å². The van der Waals surface area contributed by atoms with Crippen molar-refractivity contribution in [1.29, 1.82) is 0 Å². The summed E-state index contributed by atoms with van der Waals surface area (Å²) < 4.78 is 49.2. The fourth-order valence-corrected chi connectivity index (χ4v) is 18.8. The predicted molar refractivity (Wildman–Crippen MR) is 405 cm³/mol. The van der Waals surface area contributed by atoms with E-state index in [1.807, 2.05) is 20.8 Å². The van der Waals surface area contributed by atoms with E-state index in [4.69, 9.17) is 16.3 Å². The van der Waals surface area contributed by atoms with E-state index in [0.29, 0.717) is 71.2 Å². The molecule has 0 aromatic carbocycles. The number of nitrogens with zero attached hydrogens (tertiary/aromatic N) is 9. The first kappa shape index (κ1) is 88.2. The molecular weight excluding hydrogens is 1430 g/mol. The average Bonchev–Trinajstić information content (AvgIpc) is 1.70. The van der Waals surface area contributed by atoms with Gasteiger partial charge in [0.1, 0.15) is 47.8 Å². The second kappa shape index (κ2) is 40.4. The number of fused-ring (bicyclic) bond motifs is 1. The van der Waals surface area contributed by atoms with E-state index in [1.54, 1.807) is 18.9 Å². The fraction of sp³-hybridized carbons (Fsp3) is 0.848. The lowest BCUT2D eigenvalue weighted by Gasteiger charge is -2.43. The van der Waals surface area contributed by atoms with Gasteiger partial charge in [0.25, 0.3) is 0 Å². The number of hydrogen-bond donors (Lipinski definition) is 4. The number of likely N-dealkylation sites (tertiary alicyclic amines) is 1. The fourth-order valence-electron chi connectivity index (χ4n) is 18.3. The first-order valence-electron chi connectivity index (χ1n) is 41.0. The van der Waals surface area contributed by atoms with Crippen LogP contribution >= 0.6 is 11.6 Å². The maximum atomic E-state index is 16.1. The number of carbonyl (C=O) groups excluding carboxylic acids is 12. The van der Waals surface area contributed by atoms with Gasteiger partial charge in [0.2, 0.25) is 70.9 Å². The molecule has 12 amide bonds. The molecule has 13 atom stereocenters. The van der Waals surface area contributed by atoms with Crippen molar-refractivity contribution >= 4 is 82.5 Å². The Bertz CT molecular complexity index is 3140. The monoisotopic (exact) mass is 1560 g/mol. The Balaban J connectivity index is 1.20. The smallest absolute Gasteiger partial charge is 0.376 e. The number of carbonyl (C=O) groups is 12. The maximum absolute atomic E-state index is 16.1. The summed E-state index contributed by atoms with van der Waals surface area (Å²) in [4.78, 5) is 194. The summed E-state index contributed by atoms with van der Waals surface area (Å²) in [6, 6.07) is -8.83. The van der Waals surface area contributed by atoms with Gasteiger partial charge in [-0.25, -0.2) is 0 Å². The number of halogens is 4. The summed E-state index contributed by atoms with van der Waals surface area (Å²) in [5, 5.41) is 11.1. The quantitative estimate of drug-likeness (QED) is 0.136.